The van der Waals surface area contributed by atoms with Gasteiger partial charge in [-0.2, -0.15) is 5.10 Å². The summed E-state index contributed by atoms with van der Waals surface area (Å²) in [4.78, 5) is 18.6. The van der Waals surface area contributed by atoms with Crippen LogP contribution in [-0.4, -0.2) is 46.0 Å². The van der Waals surface area contributed by atoms with Crippen molar-refractivity contribution in [3.8, 4) is 11.4 Å². The number of carbonyl (C=O) groups excluding carboxylic acids is 1. The SMILES string of the molecule is COCCn1nc(-c2cocn2)c2c1CCN(C(=O)NCc1ccc(F)cc1)C2. The van der Waals surface area contributed by atoms with Crippen molar-refractivity contribution in [2.24, 2.45) is 0 Å². The molecular weight excluding hydrogens is 377 g/mol. The molecule has 0 unspecified atom stereocenters. The first-order valence-corrected chi connectivity index (χ1v) is 9.39. The number of aromatic nitrogens is 3. The van der Waals surface area contributed by atoms with E-state index < -0.39 is 0 Å². The van der Waals surface area contributed by atoms with Crippen molar-refractivity contribution < 1.29 is 18.3 Å². The second kappa shape index (κ2) is 8.44. The topological polar surface area (TPSA) is 85.4 Å². The molecule has 3 heterocycles. The molecule has 0 fully saturated rings. The number of rotatable bonds is 6. The summed E-state index contributed by atoms with van der Waals surface area (Å²) in [5, 5.41) is 7.59. The highest BCUT2D eigenvalue weighted by Gasteiger charge is 2.28. The summed E-state index contributed by atoms with van der Waals surface area (Å²) in [6.45, 7) is 2.53. The van der Waals surface area contributed by atoms with Gasteiger partial charge in [-0.25, -0.2) is 14.2 Å². The van der Waals surface area contributed by atoms with Crippen LogP contribution in [-0.2, 0) is 30.8 Å². The third kappa shape index (κ3) is 4.14. The van der Waals surface area contributed by atoms with E-state index in [9.17, 15) is 9.18 Å². The van der Waals surface area contributed by atoms with E-state index in [1.807, 2.05) is 4.68 Å². The normalized spacial score (nSPS) is 13.4. The highest BCUT2D eigenvalue weighted by molar-refractivity contribution is 5.75. The van der Waals surface area contributed by atoms with Crippen LogP contribution in [0.25, 0.3) is 11.4 Å². The number of nitrogens with zero attached hydrogens (tertiary/aromatic N) is 4. The van der Waals surface area contributed by atoms with E-state index in [-0.39, 0.29) is 11.8 Å². The molecule has 3 aromatic rings. The Balaban J connectivity index is 1.50. The predicted octanol–water partition coefficient (Wildman–Crippen LogP) is 2.59. The van der Waals surface area contributed by atoms with Crippen molar-refractivity contribution in [2.75, 3.05) is 20.3 Å². The Labute approximate surface area is 167 Å². The second-order valence-electron chi connectivity index (χ2n) is 6.82. The van der Waals surface area contributed by atoms with Gasteiger partial charge in [0, 0.05) is 37.9 Å². The number of amides is 2. The van der Waals surface area contributed by atoms with Crippen molar-refractivity contribution in [1.82, 2.24) is 25.0 Å². The zero-order chi connectivity index (χ0) is 20.2. The number of halogens is 1. The van der Waals surface area contributed by atoms with Crippen LogP contribution in [0, 0.1) is 5.82 Å². The molecular formula is C20H22FN5O3. The number of oxazole rings is 1. The largest absolute Gasteiger partial charge is 0.451 e. The van der Waals surface area contributed by atoms with Crippen LogP contribution in [0.15, 0.2) is 41.3 Å². The highest BCUT2D eigenvalue weighted by atomic mass is 19.1. The average molecular weight is 399 g/mol. The molecule has 0 bridgehead atoms. The maximum absolute atomic E-state index is 13.0. The molecule has 152 valence electrons. The van der Waals surface area contributed by atoms with E-state index in [2.05, 4.69) is 15.4 Å². The van der Waals surface area contributed by atoms with E-state index in [0.29, 0.717) is 44.9 Å². The summed E-state index contributed by atoms with van der Waals surface area (Å²) in [5.41, 5.74) is 4.26. The molecule has 0 saturated carbocycles. The van der Waals surface area contributed by atoms with Gasteiger partial charge in [0.1, 0.15) is 23.5 Å². The molecule has 1 N–H and O–H groups in total. The summed E-state index contributed by atoms with van der Waals surface area (Å²) < 4.78 is 25.3. The number of nitrogens with one attached hydrogen (secondary N) is 1. The number of benzene rings is 1. The number of ether oxygens (including phenoxy) is 1. The Morgan fingerprint density at radius 2 is 2.17 bits per heavy atom. The van der Waals surface area contributed by atoms with Crippen LogP contribution in [0.5, 0.6) is 0 Å². The Morgan fingerprint density at radius 1 is 1.34 bits per heavy atom. The zero-order valence-corrected chi connectivity index (χ0v) is 16.1. The molecule has 0 radical (unpaired) electrons. The lowest BCUT2D eigenvalue weighted by Crippen LogP contribution is -2.42. The number of urea groups is 1. The molecule has 2 amide bonds. The van der Waals surface area contributed by atoms with Gasteiger partial charge in [-0.3, -0.25) is 4.68 Å². The number of fused-ring (bicyclic) bond motifs is 1. The Bertz CT molecular complexity index is 969. The van der Waals surface area contributed by atoms with E-state index >= 15 is 0 Å². The summed E-state index contributed by atoms with van der Waals surface area (Å²) in [7, 11) is 1.65. The average Bonchev–Trinajstić information content (AvgIpc) is 3.39. The predicted molar refractivity (Wildman–Crippen MR) is 102 cm³/mol. The van der Waals surface area contributed by atoms with Gasteiger partial charge in [-0.15, -0.1) is 0 Å². The monoisotopic (exact) mass is 399 g/mol. The minimum Gasteiger partial charge on any atom is -0.451 e. The van der Waals surface area contributed by atoms with Crippen LogP contribution in [0.1, 0.15) is 16.8 Å². The summed E-state index contributed by atoms with van der Waals surface area (Å²) in [6.07, 6.45) is 3.61. The summed E-state index contributed by atoms with van der Waals surface area (Å²) >= 11 is 0. The molecule has 0 spiro atoms. The van der Waals surface area contributed by atoms with Gasteiger partial charge in [-0.1, -0.05) is 12.1 Å². The molecule has 8 nitrogen and oxygen atoms in total. The molecule has 2 aromatic heterocycles. The number of hydrogen-bond acceptors (Lipinski definition) is 5. The minimum absolute atomic E-state index is 0.171. The number of methoxy groups -OCH3 is 1. The van der Waals surface area contributed by atoms with Crippen molar-refractivity contribution >= 4 is 6.03 Å². The fourth-order valence-corrected chi connectivity index (χ4v) is 3.45. The van der Waals surface area contributed by atoms with Crippen LogP contribution < -0.4 is 5.32 Å². The van der Waals surface area contributed by atoms with E-state index in [1.165, 1.54) is 18.5 Å². The van der Waals surface area contributed by atoms with Gasteiger partial charge in [0.05, 0.1) is 19.7 Å². The van der Waals surface area contributed by atoms with Crippen molar-refractivity contribution in [3.63, 3.8) is 0 Å². The van der Waals surface area contributed by atoms with Crippen LogP contribution in [0.2, 0.25) is 0 Å². The molecule has 1 aliphatic rings. The second-order valence-corrected chi connectivity index (χ2v) is 6.82. The minimum atomic E-state index is -0.297. The van der Waals surface area contributed by atoms with E-state index in [1.54, 1.807) is 30.4 Å². The fraction of sp³-hybridized carbons (Fsp3) is 0.350. The zero-order valence-electron chi connectivity index (χ0n) is 16.1. The third-order valence-electron chi connectivity index (χ3n) is 4.96. The first-order chi connectivity index (χ1) is 14.2. The van der Waals surface area contributed by atoms with E-state index in [0.717, 1.165) is 22.5 Å². The van der Waals surface area contributed by atoms with Crippen LogP contribution in [0.3, 0.4) is 0 Å². The quantitative estimate of drug-likeness (QED) is 0.689. The van der Waals surface area contributed by atoms with Gasteiger partial charge in [0.25, 0.3) is 0 Å². The van der Waals surface area contributed by atoms with Crippen LogP contribution >= 0.6 is 0 Å². The van der Waals surface area contributed by atoms with Gasteiger partial charge >= 0.3 is 6.03 Å². The molecule has 1 aliphatic heterocycles. The molecule has 29 heavy (non-hydrogen) atoms. The number of carbonyl (C=O) groups is 1. The van der Waals surface area contributed by atoms with Gasteiger partial charge < -0.3 is 19.4 Å². The lowest BCUT2D eigenvalue weighted by Gasteiger charge is -2.28. The van der Waals surface area contributed by atoms with Gasteiger partial charge in [-0.05, 0) is 17.7 Å². The Kier molecular flexibility index (Phi) is 5.57. The van der Waals surface area contributed by atoms with Crippen LogP contribution in [0.4, 0.5) is 9.18 Å². The molecule has 0 aliphatic carbocycles. The molecule has 9 heteroatoms. The maximum atomic E-state index is 13.0. The molecule has 0 saturated heterocycles. The first kappa shape index (κ1) is 19.1. The highest BCUT2D eigenvalue weighted by Crippen LogP contribution is 2.29. The first-order valence-electron chi connectivity index (χ1n) is 9.39. The van der Waals surface area contributed by atoms with Crippen molar-refractivity contribution in [1.29, 1.82) is 0 Å². The van der Waals surface area contributed by atoms with Gasteiger partial charge in [0.2, 0.25) is 0 Å². The lowest BCUT2D eigenvalue weighted by molar-refractivity contribution is 0.179. The Hall–Kier alpha value is -3.20. The standard InChI is InChI=1S/C20H22FN5O3/c1-28-9-8-26-18-6-7-25(11-16(18)19(24-26)17-12-29-13-23-17)20(27)22-10-14-2-4-15(21)5-3-14/h2-5,12-13H,6-11H2,1H3,(H,22,27). The smallest absolute Gasteiger partial charge is 0.317 e. The summed E-state index contributed by atoms with van der Waals surface area (Å²) in [5.74, 6) is -0.297. The fourth-order valence-electron chi connectivity index (χ4n) is 3.45. The molecule has 0 atom stereocenters. The molecule has 1 aromatic carbocycles. The molecule has 4 rings (SSSR count). The van der Waals surface area contributed by atoms with E-state index in [4.69, 9.17) is 9.15 Å². The lowest BCUT2D eigenvalue weighted by atomic mass is 10.0. The maximum Gasteiger partial charge on any atom is 0.317 e. The van der Waals surface area contributed by atoms with Crippen molar-refractivity contribution in [2.45, 2.75) is 26.1 Å². The summed E-state index contributed by atoms with van der Waals surface area (Å²) in [6, 6.07) is 5.91. The number of hydrogen-bond donors (Lipinski definition) is 1. The van der Waals surface area contributed by atoms with Crippen molar-refractivity contribution in [3.05, 3.63) is 59.6 Å². The third-order valence-corrected chi connectivity index (χ3v) is 4.96. The Morgan fingerprint density at radius 3 is 2.90 bits per heavy atom. The van der Waals surface area contributed by atoms with Gasteiger partial charge in [0.15, 0.2) is 6.39 Å².